The molecule has 1 aromatic heterocycles. The molecule has 0 bridgehead atoms. The zero-order valence-corrected chi connectivity index (χ0v) is 19.0. The minimum atomic E-state index is -4.63. The second kappa shape index (κ2) is 9.74. The number of amides is 1. The summed E-state index contributed by atoms with van der Waals surface area (Å²) in [6.45, 7) is -0.395. The van der Waals surface area contributed by atoms with Gasteiger partial charge in [0.25, 0.3) is 0 Å². The van der Waals surface area contributed by atoms with Gasteiger partial charge < -0.3 is 15.2 Å². The molecular weight excluding hydrogens is 488 g/mol. The first-order chi connectivity index (χ1) is 16.6. The van der Waals surface area contributed by atoms with E-state index in [-0.39, 0.29) is 5.56 Å². The van der Waals surface area contributed by atoms with Crippen LogP contribution in [-0.2, 0) is 32.5 Å². The minimum Gasteiger partial charge on any atom is -0.480 e. The first-order valence-corrected chi connectivity index (χ1v) is 11.5. The second-order valence-corrected chi connectivity index (χ2v) is 9.20. The van der Waals surface area contributed by atoms with E-state index in [9.17, 15) is 27.2 Å². The Hall–Kier alpha value is -3.31. The molecule has 1 heterocycles. The fourth-order valence-electron chi connectivity index (χ4n) is 3.72. The molecule has 3 aromatic rings. The van der Waals surface area contributed by atoms with Gasteiger partial charge in [-0.3, -0.25) is 4.79 Å². The van der Waals surface area contributed by atoms with Crippen molar-refractivity contribution >= 4 is 28.9 Å². The Morgan fingerprint density at radius 3 is 2.46 bits per heavy atom. The maximum absolute atomic E-state index is 13.9. The van der Waals surface area contributed by atoms with E-state index in [1.165, 1.54) is 11.3 Å². The van der Waals surface area contributed by atoms with E-state index in [1.54, 1.807) is 30.5 Å². The molecule has 1 saturated carbocycles. The Bertz CT molecular complexity index is 1240. The third-order valence-electron chi connectivity index (χ3n) is 5.71. The Morgan fingerprint density at radius 2 is 1.86 bits per heavy atom. The van der Waals surface area contributed by atoms with Gasteiger partial charge in [0.15, 0.2) is 0 Å². The summed E-state index contributed by atoms with van der Waals surface area (Å²) in [6, 6.07) is 8.68. The largest absolute Gasteiger partial charge is 0.480 e. The second-order valence-electron chi connectivity index (χ2n) is 8.17. The van der Waals surface area contributed by atoms with E-state index in [1.807, 2.05) is 0 Å². The fourth-order valence-corrected chi connectivity index (χ4v) is 4.84. The van der Waals surface area contributed by atoms with Gasteiger partial charge in [-0.2, -0.15) is 13.2 Å². The summed E-state index contributed by atoms with van der Waals surface area (Å²) in [5.74, 6) is -2.58. The highest BCUT2D eigenvalue weighted by atomic mass is 32.1. The lowest BCUT2D eigenvalue weighted by molar-refractivity contribution is -0.159. The van der Waals surface area contributed by atoms with E-state index >= 15 is 0 Å². The Kier molecular flexibility index (Phi) is 6.91. The van der Waals surface area contributed by atoms with Crippen LogP contribution in [0.4, 0.5) is 23.2 Å². The number of alkyl halides is 3. The van der Waals surface area contributed by atoms with E-state index < -0.39 is 48.1 Å². The van der Waals surface area contributed by atoms with Crippen LogP contribution in [0.2, 0.25) is 0 Å². The average Bonchev–Trinajstić information content (AvgIpc) is 3.24. The lowest BCUT2D eigenvalue weighted by atomic mass is 9.80. The SMILES string of the molecule is O=C(O)COC1(c2ncc(-c3ccc(NC(=O)Cc4cc(C(F)(F)F)ccc4F)cc3)s2)CCC1. The summed E-state index contributed by atoms with van der Waals surface area (Å²) in [7, 11) is 0. The van der Waals surface area contributed by atoms with Crippen LogP contribution < -0.4 is 5.32 Å². The maximum atomic E-state index is 13.9. The topological polar surface area (TPSA) is 88.5 Å². The first kappa shape index (κ1) is 24.8. The number of hydrogen-bond donors (Lipinski definition) is 2. The predicted molar refractivity (Wildman–Crippen MR) is 120 cm³/mol. The van der Waals surface area contributed by atoms with Gasteiger partial charge in [-0.05, 0) is 60.7 Å². The number of nitrogens with one attached hydrogen (secondary N) is 1. The van der Waals surface area contributed by atoms with Gasteiger partial charge in [0.2, 0.25) is 5.91 Å². The molecule has 0 unspecified atom stereocenters. The highest BCUT2D eigenvalue weighted by molar-refractivity contribution is 7.15. The van der Waals surface area contributed by atoms with Gasteiger partial charge in [-0.25, -0.2) is 14.2 Å². The number of carboxylic acid groups (broad SMARTS) is 1. The van der Waals surface area contributed by atoms with Crippen LogP contribution in [0.1, 0.15) is 35.4 Å². The molecule has 35 heavy (non-hydrogen) atoms. The summed E-state index contributed by atoms with van der Waals surface area (Å²) in [4.78, 5) is 28.4. The molecule has 11 heteroatoms. The molecular formula is C24H20F4N2O4S. The van der Waals surface area contributed by atoms with Crippen LogP contribution in [-0.4, -0.2) is 28.6 Å². The van der Waals surface area contributed by atoms with E-state index in [0.717, 1.165) is 16.9 Å². The molecule has 2 aromatic carbocycles. The van der Waals surface area contributed by atoms with Crippen molar-refractivity contribution in [1.82, 2.24) is 4.98 Å². The van der Waals surface area contributed by atoms with Crippen molar-refractivity contribution in [3.05, 3.63) is 70.6 Å². The van der Waals surface area contributed by atoms with Crippen molar-refractivity contribution < 1.29 is 37.0 Å². The lowest BCUT2D eigenvalue weighted by Crippen LogP contribution is -2.38. The number of halogens is 4. The minimum absolute atomic E-state index is 0.346. The molecule has 0 saturated heterocycles. The molecule has 0 radical (unpaired) electrons. The van der Waals surface area contributed by atoms with Crippen molar-refractivity contribution in [2.75, 3.05) is 11.9 Å². The number of thiazole rings is 1. The van der Waals surface area contributed by atoms with Crippen molar-refractivity contribution in [1.29, 1.82) is 0 Å². The third kappa shape index (κ3) is 5.68. The number of anilines is 1. The predicted octanol–water partition coefficient (Wildman–Crippen LogP) is 5.63. The first-order valence-electron chi connectivity index (χ1n) is 10.6. The molecule has 0 atom stereocenters. The van der Waals surface area contributed by atoms with Gasteiger partial charge in [0.05, 0.1) is 16.9 Å². The summed E-state index contributed by atoms with van der Waals surface area (Å²) in [5, 5.41) is 12.2. The maximum Gasteiger partial charge on any atom is 0.416 e. The summed E-state index contributed by atoms with van der Waals surface area (Å²) in [5.41, 5.74) is -0.832. The molecule has 4 rings (SSSR count). The van der Waals surface area contributed by atoms with Gasteiger partial charge in [0, 0.05) is 11.9 Å². The highest BCUT2D eigenvalue weighted by Crippen LogP contribution is 2.47. The van der Waals surface area contributed by atoms with Gasteiger partial charge >= 0.3 is 12.1 Å². The van der Waals surface area contributed by atoms with E-state index in [2.05, 4.69) is 10.3 Å². The highest BCUT2D eigenvalue weighted by Gasteiger charge is 2.43. The molecule has 1 aliphatic carbocycles. The third-order valence-corrected chi connectivity index (χ3v) is 6.94. The lowest BCUT2D eigenvalue weighted by Gasteiger charge is -2.39. The van der Waals surface area contributed by atoms with Crippen molar-refractivity contribution in [2.24, 2.45) is 0 Å². The van der Waals surface area contributed by atoms with Crippen molar-refractivity contribution in [2.45, 2.75) is 37.5 Å². The number of ether oxygens (including phenoxy) is 1. The van der Waals surface area contributed by atoms with Crippen LogP contribution in [0, 0.1) is 5.82 Å². The zero-order chi connectivity index (χ0) is 25.2. The molecule has 2 N–H and O–H groups in total. The Balaban J connectivity index is 1.41. The molecule has 1 aliphatic rings. The van der Waals surface area contributed by atoms with Crippen LogP contribution in [0.5, 0.6) is 0 Å². The van der Waals surface area contributed by atoms with Gasteiger partial charge in [-0.1, -0.05) is 12.1 Å². The quantitative estimate of drug-likeness (QED) is 0.385. The van der Waals surface area contributed by atoms with Crippen LogP contribution in [0.3, 0.4) is 0 Å². The van der Waals surface area contributed by atoms with Gasteiger partial charge in [0.1, 0.15) is 23.0 Å². The zero-order valence-electron chi connectivity index (χ0n) is 18.2. The molecule has 1 amide bonds. The number of benzene rings is 2. The molecule has 184 valence electrons. The number of carbonyl (C=O) groups is 2. The summed E-state index contributed by atoms with van der Waals surface area (Å²) < 4.78 is 58.1. The summed E-state index contributed by atoms with van der Waals surface area (Å²) >= 11 is 1.40. The number of rotatable bonds is 8. The van der Waals surface area contributed by atoms with Crippen molar-refractivity contribution in [3.63, 3.8) is 0 Å². The number of nitrogens with zero attached hydrogens (tertiary/aromatic N) is 1. The normalized spacial score (nSPS) is 14.9. The van der Waals surface area contributed by atoms with Crippen molar-refractivity contribution in [3.8, 4) is 10.4 Å². The number of carboxylic acids is 1. The number of hydrogen-bond acceptors (Lipinski definition) is 5. The molecule has 0 spiro atoms. The number of aliphatic carboxylic acids is 1. The Labute approximate surface area is 201 Å². The molecule has 1 fully saturated rings. The van der Waals surface area contributed by atoms with Crippen LogP contribution in [0.15, 0.2) is 48.7 Å². The number of carbonyl (C=O) groups excluding carboxylic acids is 1. The van der Waals surface area contributed by atoms with Crippen LogP contribution >= 0.6 is 11.3 Å². The Morgan fingerprint density at radius 1 is 1.14 bits per heavy atom. The molecule has 6 nitrogen and oxygen atoms in total. The smallest absolute Gasteiger partial charge is 0.416 e. The number of aromatic nitrogens is 1. The standard InChI is InChI=1S/C24H20F4N2O4S/c25-18-7-4-16(24(26,27)28)10-15(18)11-20(31)30-17-5-2-14(3-6-17)19-12-29-22(35-19)23(8-1-9-23)34-13-21(32)33/h2-7,10,12H,1,8-9,11,13H2,(H,30,31)(H,32,33). The van der Waals surface area contributed by atoms with Crippen LogP contribution in [0.25, 0.3) is 10.4 Å². The molecule has 0 aliphatic heterocycles. The summed E-state index contributed by atoms with van der Waals surface area (Å²) in [6.07, 6.45) is -1.18. The van der Waals surface area contributed by atoms with E-state index in [0.29, 0.717) is 41.7 Å². The van der Waals surface area contributed by atoms with E-state index in [4.69, 9.17) is 9.84 Å². The monoisotopic (exact) mass is 508 g/mol. The fraction of sp³-hybridized carbons (Fsp3) is 0.292. The van der Waals surface area contributed by atoms with Gasteiger partial charge in [-0.15, -0.1) is 11.3 Å². The average molecular weight is 508 g/mol.